The van der Waals surface area contributed by atoms with Gasteiger partial charge in [0.15, 0.2) is 5.82 Å². The summed E-state index contributed by atoms with van der Waals surface area (Å²) in [5.41, 5.74) is 3.17. The summed E-state index contributed by atoms with van der Waals surface area (Å²) < 4.78 is 5.38. The SMILES string of the molecule is COc1cccc2ccc(-c3ncc(-c4ccccc4)nn3)nc12. The van der Waals surface area contributed by atoms with Crippen LogP contribution in [0.5, 0.6) is 5.75 Å². The zero-order valence-electron chi connectivity index (χ0n) is 13.0. The predicted octanol–water partition coefficient (Wildman–Crippen LogP) is 3.76. The summed E-state index contributed by atoms with van der Waals surface area (Å²) >= 11 is 0. The van der Waals surface area contributed by atoms with Gasteiger partial charge in [0.1, 0.15) is 22.7 Å². The fourth-order valence-electron chi connectivity index (χ4n) is 2.54. The molecule has 0 bridgehead atoms. The van der Waals surface area contributed by atoms with Crippen molar-refractivity contribution in [3.05, 3.63) is 66.9 Å². The average Bonchev–Trinajstić information content (AvgIpc) is 2.68. The molecule has 0 fully saturated rings. The molecule has 4 aromatic rings. The van der Waals surface area contributed by atoms with Crippen LogP contribution >= 0.6 is 0 Å². The lowest BCUT2D eigenvalue weighted by atomic mass is 10.1. The van der Waals surface area contributed by atoms with Gasteiger partial charge < -0.3 is 4.74 Å². The molecule has 0 aliphatic carbocycles. The lowest BCUT2D eigenvalue weighted by Crippen LogP contribution is -1.97. The number of aromatic nitrogens is 4. The molecule has 116 valence electrons. The third-order valence-electron chi connectivity index (χ3n) is 3.76. The van der Waals surface area contributed by atoms with Gasteiger partial charge in [0.2, 0.25) is 0 Å². The van der Waals surface area contributed by atoms with Gasteiger partial charge in [0.05, 0.1) is 13.3 Å². The van der Waals surface area contributed by atoms with Crippen molar-refractivity contribution < 1.29 is 4.74 Å². The Morgan fingerprint density at radius 2 is 1.67 bits per heavy atom. The first-order chi connectivity index (χ1) is 11.8. The van der Waals surface area contributed by atoms with Gasteiger partial charge in [-0.1, -0.05) is 48.5 Å². The highest BCUT2D eigenvalue weighted by atomic mass is 16.5. The highest BCUT2D eigenvalue weighted by Crippen LogP contribution is 2.26. The first-order valence-electron chi connectivity index (χ1n) is 7.54. The summed E-state index contributed by atoms with van der Waals surface area (Å²) in [4.78, 5) is 9.04. The van der Waals surface area contributed by atoms with Gasteiger partial charge in [0.25, 0.3) is 0 Å². The van der Waals surface area contributed by atoms with Crippen molar-refractivity contribution >= 4 is 10.9 Å². The maximum Gasteiger partial charge on any atom is 0.200 e. The average molecular weight is 314 g/mol. The number of pyridine rings is 1. The topological polar surface area (TPSA) is 60.8 Å². The van der Waals surface area contributed by atoms with Crippen molar-refractivity contribution in [1.29, 1.82) is 0 Å². The van der Waals surface area contributed by atoms with Crippen LogP contribution in [0, 0.1) is 0 Å². The van der Waals surface area contributed by atoms with E-state index in [1.807, 2.05) is 60.7 Å². The molecular formula is C19H14N4O. The highest BCUT2D eigenvalue weighted by Gasteiger charge is 2.09. The summed E-state index contributed by atoms with van der Waals surface area (Å²) in [6.45, 7) is 0. The van der Waals surface area contributed by atoms with Crippen molar-refractivity contribution in [2.75, 3.05) is 7.11 Å². The highest BCUT2D eigenvalue weighted by molar-refractivity contribution is 5.86. The molecule has 0 saturated carbocycles. The van der Waals surface area contributed by atoms with E-state index in [9.17, 15) is 0 Å². The third kappa shape index (κ3) is 2.56. The largest absolute Gasteiger partial charge is 0.494 e. The number of para-hydroxylation sites is 1. The molecule has 5 nitrogen and oxygen atoms in total. The maximum atomic E-state index is 5.38. The van der Waals surface area contributed by atoms with Gasteiger partial charge in [-0.05, 0) is 12.1 Å². The number of ether oxygens (including phenoxy) is 1. The zero-order chi connectivity index (χ0) is 16.4. The molecular weight excluding hydrogens is 300 g/mol. The first-order valence-corrected chi connectivity index (χ1v) is 7.54. The van der Waals surface area contributed by atoms with Crippen molar-refractivity contribution in [2.24, 2.45) is 0 Å². The minimum Gasteiger partial charge on any atom is -0.494 e. The van der Waals surface area contributed by atoms with Crippen molar-refractivity contribution in [3.8, 4) is 28.5 Å². The Kier molecular flexibility index (Phi) is 3.59. The normalized spacial score (nSPS) is 10.7. The quantitative estimate of drug-likeness (QED) is 0.576. The molecule has 2 aromatic heterocycles. The Labute approximate surface area is 139 Å². The number of benzene rings is 2. The summed E-state index contributed by atoms with van der Waals surface area (Å²) in [5.74, 6) is 1.21. The maximum absolute atomic E-state index is 5.38. The second kappa shape index (κ2) is 6.04. The molecule has 4 rings (SSSR count). The van der Waals surface area contributed by atoms with E-state index in [0.717, 1.165) is 27.9 Å². The van der Waals surface area contributed by atoms with E-state index in [1.54, 1.807) is 13.3 Å². The van der Waals surface area contributed by atoms with Crippen LogP contribution in [0.4, 0.5) is 0 Å². The second-order valence-electron chi connectivity index (χ2n) is 5.26. The monoisotopic (exact) mass is 314 g/mol. The minimum atomic E-state index is 0.488. The number of rotatable bonds is 3. The molecule has 0 aliphatic rings. The molecule has 0 unspecified atom stereocenters. The Morgan fingerprint density at radius 1 is 0.792 bits per heavy atom. The molecule has 0 N–H and O–H groups in total. The number of hydrogen-bond acceptors (Lipinski definition) is 5. The smallest absolute Gasteiger partial charge is 0.200 e. The van der Waals surface area contributed by atoms with Crippen LogP contribution in [0.25, 0.3) is 33.7 Å². The van der Waals surface area contributed by atoms with Crippen LogP contribution in [-0.2, 0) is 0 Å². The van der Waals surface area contributed by atoms with Crippen molar-refractivity contribution in [2.45, 2.75) is 0 Å². The number of fused-ring (bicyclic) bond motifs is 1. The van der Waals surface area contributed by atoms with Gasteiger partial charge in [0, 0.05) is 10.9 Å². The minimum absolute atomic E-state index is 0.488. The van der Waals surface area contributed by atoms with E-state index in [0.29, 0.717) is 11.5 Å². The molecule has 2 aromatic carbocycles. The zero-order valence-corrected chi connectivity index (χ0v) is 13.0. The molecule has 0 amide bonds. The number of methoxy groups -OCH3 is 1. The summed E-state index contributed by atoms with van der Waals surface area (Å²) in [6, 6.07) is 19.5. The fraction of sp³-hybridized carbons (Fsp3) is 0.0526. The lowest BCUT2D eigenvalue weighted by Gasteiger charge is -2.06. The van der Waals surface area contributed by atoms with Gasteiger partial charge in [-0.15, -0.1) is 10.2 Å². The van der Waals surface area contributed by atoms with Crippen molar-refractivity contribution in [3.63, 3.8) is 0 Å². The van der Waals surface area contributed by atoms with E-state index in [2.05, 4.69) is 20.2 Å². The van der Waals surface area contributed by atoms with Crippen LogP contribution in [0.3, 0.4) is 0 Å². The Bertz CT molecular complexity index is 985. The van der Waals surface area contributed by atoms with E-state index in [4.69, 9.17) is 4.74 Å². The fourth-order valence-corrected chi connectivity index (χ4v) is 2.54. The predicted molar refractivity (Wildman–Crippen MR) is 92.6 cm³/mol. The van der Waals surface area contributed by atoms with Crippen LogP contribution in [0.15, 0.2) is 66.9 Å². The van der Waals surface area contributed by atoms with Gasteiger partial charge in [-0.25, -0.2) is 9.97 Å². The van der Waals surface area contributed by atoms with Crippen LogP contribution in [0.1, 0.15) is 0 Å². The van der Waals surface area contributed by atoms with Crippen LogP contribution < -0.4 is 4.74 Å². The van der Waals surface area contributed by atoms with Crippen molar-refractivity contribution in [1.82, 2.24) is 20.2 Å². The van der Waals surface area contributed by atoms with E-state index in [-0.39, 0.29) is 0 Å². The molecule has 0 atom stereocenters. The number of nitrogens with zero attached hydrogens (tertiary/aromatic N) is 4. The standard InChI is InChI=1S/C19H14N4O/c1-24-17-9-5-8-14-10-11-15(21-18(14)17)19-20-12-16(22-23-19)13-6-3-2-4-7-13/h2-12H,1H3. The molecule has 0 spiro atoms. The molecule has 0 saturated heterocycles. The Morgan fingerprint density at radius 3 is 2.42 bits per heavy atom. The van der Waals surface area contributed by atoms with Gasteiger partial charge >= 0.3 is 0 Å². The first kappa shape index (κ1) is 14.3. The number of hydrogen-bond donors (Lipinski definition) is 0. The molecule has 24 heavy (non-hydrogen) atoms. The van der Waals surface area contributed by atoms with Gasteiger partial charge in [-0.2, -0.15) is 0 Å². The molecule has 0 radical (unpaired) electrons. The Hall–Kier alpha value is -3.34. The van der Waals surface area contributed by atoms with Crippen LogP contribution in [-0.4, -0.2) is 27.3 Å². The van der Waals surface area contributed by atoms with E-state index >= 15 is 0 Å². The molecule has 5 heteroatoms. The Balaban J connectivity index is 1.75. The van der Waals surface area contributed by atoms with Crippen LogP contribution in [0.2, 0.25) is 0 Å². The summed E-state index contributed by atoms with van der Waals surface area (Å²) in [6.07, 6.45) is 1.71. The summed E-state index contributed by atoms with van der Waals surface area (Å²) in [5, 5.41) is 9.49. The molecule has 0 aliphatic heterocycles. The summed E-state index contributed by atoms with van der Waals surface area (Å²) in [7, 11) is 1.63. The van der Waals surface area contributed by atoms with E-state index < -0.39 is 0 Å². The third-order valence-corrected chi connectivity index (χ3v) is 3.76. The lowest BCUT2D eigenvalue weighted by molar-refractivity contribution is 0.419. The molecule has 2 heterocycles. The van der Waals surface area contributed by atoms with E-state index in [1.165, 1.54) is 0 Å². The second-order valence-corrected chi connectivity index (χ2v) is 5.26. The van der Waals surface area contributed by atoms with Gasteiger partial charge in [-0.3, -0.25) is 0 Å².